The first-order chi connectivity index (χ1) is 5.66. The minimum Gasteiger partial charge on any atom is -0.351 e. The molecule has 0 aliphatic rings. The molecule has 3 heteroatoms. The minimum atomic E-state index is -0.0249. The smallest absolute Gasteiger partial charge is 0.243 e. The largest absolute Gasteiger partial charge is 0.351 e. The number of amides is 1. The molecule has 2 N–H and O–H groups in total. The maximum Gasteiger partial charge on any atom is 0.243 e. The topological polar surface area (TPSA) is 41.1 Å². The predicted molar refractivity (Wildman–Crippen MR) is 51.0 cm³/mol. The van der Waals surface area contributed by atoms with Crippen molar-refractivity contribution >= 4 is 5.91 Å². The van der Waals surface area contributed by atoms with Crippen LogP contribution in [0.1, 0.15) is 20.8 Å². The van der Waals surface area contributed by atoms with Gasteiger partial charge in [0.1, 0.15) is 0 Å². The second-order valence-electron chi connectivity index (χ2n) is 2.90. The summed E-state index contributed by atoms with van der Waals surface area (Å²) >= 11 is 0. The van der Waals surface area contributed by atoms with Crippen molar-refractivity contribution in [1.29, 1.82) is 0 Å². The standard InChI is InChI=1S/C9H18N2O/c1-4-5-9(12)11-7-6-10-8(2)3/h4-5,8,10H,6-7H2,1-3H3,(H,11,12). The summed E-state index contributed by atoms with van der Waals surface area (Å²) in [5.74, 6) is -0.0249. The summed E-state index contributed by atoms with van der Waals surface area (Å²) in [7, 11) is 0. The Kier molecular flexibility index (Phi) is 6.38. The first kappa shape index (κ1) is 11.2. The number of carbonyl (C=O) groups is 1. The Morgan fingerprint density at radius 3 is 2.58 bits per heavy atom. The third-order valence-corrected chi connectivity index (χ3v) is 1.29. The SMILES string of the molecule is CC=CC(=O)NCCNC(C)C. The number of rotatable bonds is 5. The second kappa shape index (κ2) is 6.85. The van der Waals surface area contributed by atoms with Crippen LogP contribution in [-0.4, -0.2) is 25.0 Å². The number of hydrogen-bond acceptors (Lipinski definition) is 2. The van der Waals surface area contributed by atoms with Crippen LogP contribution in [0.25, 0.3) is 0 Å². The molecule has 0 radical (unpaired) electrons. The molecule has 0 rings (SSSR count). The van der Waals surface area contributed by atoms with Crippen LogP contribution in [0, 0.1) is 0 Å². The van der Waals surface area contributed by atoms with E-state index in [-0.39, 0.29) is 5.91 Å². The van der Waals surface area contributed by atoms with E-state index in [4.69, 9.17) is 0 Å². The Labute approximate surface area is 74.2 Å². The van der Waals surface area contributed by atoms with E-state index < -0.39 is 0 Å². The zero-order chi connectivity index (χ0) is 9.40. The summed E-state index contributed by atoms with van der Waals surface area (Å²) in [4.78, 5) is 10.9. The van der Waals surface area contributed by atoms with Crippen LogP contribution in [0.4, 0.5) is 0 Å². The molecule has 0 atom stereocenters. The Hall–Kier alpha value is -0.830. The van der Waals surface area contributed by atoms with Crippen molar-refractivity contribution in [3.8, 4) is 0 Å². The van der Waals surface area contributed by atoms with Gasteiger partial charge in [0, 0.05) is 19.1 Å². The third-order valence-electron chi connectivity index (χ3n) is 1.29. The highest BCUT2D eigenvalue weighted by molar-refractivity contribution is 5.87. The quantitative estimate of drug-likeness (QED) is 0.470. The van der Waals surface area contributed by atoms with Gasteiger partial charge in [-0.1, -0.05) is 19.9 Å². The highest BCUT2D eigenvalue weighted by Gasteiger charge is 1.93. The van der Waals surface area contributed by atoms with E-state index in [0.717, 1.165) is 6.54 Å². The lowest BCUT2D eigenvalue weighted by Gasteiger charge is -2.07. The molecule has 0 aromatic carbocycles. The summed E-state index contributed by atoms with van der Waals surface area (Å²) < 4.78 is 0. The van der Waals surface area contributed by atoms with Gasteiger partial charge in [-0.25, -0.2) is 0 Å². The zero-order valence-corrected chi connectivity index (χ0v) is 8.05. The number of carbonyl (C=O) groups excluding carboxylic acids is 1. The molecule has 0 unspecified atom stereocenters. The molecule has 0 aromatic rings. The van der Waals surface area contributed by atoms with Gasteiger partial charge in [-0.05, 0) is 13.0 Å². The molecule has 0 saturated carbocycles. The maximum absolute atomic E-state index is 10.9. The van der Waals surface area contributed by atoms with Gasteiger partial charge in [0.25, 0.3) is 0 Å². The number of hydrogen-bond donors (Lipinski definition) is 2. The van der Waals surface area contributed by atoms with E-state index in [2.05, 4.69) is 24.5 Å². The molecule has 0 aliphatic heterocycles. The summed E-state index contributed by atoms with van der Waals surface area (Å²) in [5.41, 5.74) is 0. The monoisotopic (exact) mass is 170 g/mol. The van der Waals surface area contributed by atoms with Gasteiger partial charge in [0.15, 0.2) is 0 Å². The van der Waals surface area contributed by atoms with Gasteiger partial charge in [0.05, 0.1) is 0 Å². The van der Waals surface area contributed by atoms with Crippen LogP contribution in [0.2, 0.25) is 0 Å². The lowest BCUT2D eigenvalue weighted by molar-refractivity contribution is -0.116. The van der Waals surface area contributed by atoms with Crippen molar-refractivity contribution in [3.05, 3.63) is 12.2 Å². The molecular formula is C9H18N2O. The summed E-state index contributed by atoms with van der Waals surface area (Å²) in [6.45, 7) is 7.48. The number of nitrogens with one attached hydrogen (secondary N) is 2. The van der Waals surface area contributed by atoms with Crippen molar-refractivity contribution < 1.29 is 4.79 Å². The fourth-order valence-electron chi connectivity index (χ4n) is 0.757. The molecule has 0 aromatic heterocycles. The molecule has 0 bridgehead atoms. The second-order valence-corrected chi connectivity index (χ2v) is 2.90. The van der Waals surface area contributed by atoms with E-state index >= 15 is 0 Å². The van der Waals surface area contributed by atoms with Gasteiger partial charge < -0.3 is 10.6 Å². The highest BCUT2D eigenvalue weighted by atomic mass is 16.1. The summed E-state index contributed by atoms with van der Waals surface area (Å²) in [5, 5.41) is 5.95. The normalized spacial score (nSPS) is 11.0. The van der Waals surface area contributed by atoms with Crippen molar-refractivity contribution in [2.75, 3.05) is 13.1 Å². The van der Waals surface area contributed by atoms with Crippen molar-refractivity contribution in [2.45, 2.75) is 26.8 Å². The van der Waals surface area contributed by atoms with Gasteiger partial charge in [0.2, 0.25) is 5.91 Å². The maximum atomic E-state index is 10.9. The highest BCUT2D eigenvalue weighted by Crippen LogP contribution is 1.74. The van der Waals surface area contributed by atoms with Crippen LogP contribution in [0.15, 0.2) is 12.2 Å². The van der Waals surface area contributed by atoms with Gasteiger partial charge in [-0.2, -0.15) is 0 Å². The zero-order valence-electron chi connectivity index (χ0n) is 8.05. The molecule has 0 aliphatic carbocycles. The van der Waals surface area contributed by atoms with E-state index in [0.29, 0.717) is 12.6 Å². The van der Waals surface area contributed by atoms with Crippen molar-refractivity contribution in [1.82, 2.24) is 10.6 Å². The lowest BCUT2D eigenvalue weighted by atomic mass is 10.4. The molecular weight excluding hydrogens is 152 g/mol. The average molecular weight is 170 g/mol. The van der Waals surface area contributed by atoms with E-state index in [9.17, 15) is 4.79 Å². The predicted octanol–water partition coefficient (Wildman–Crippen LogP) is 0.677. The van der Waals surface area contributed by atoms with Gasteiger partial charge in [-0.15, -0.1) is 0 Å². The van der Waals surface area contributed by atoms with Crippen LogP contribution in [0.3, 0.4) is 0 Å². The third kappa shape index (κ3) is 7.28. The Balaban J connectivity index is 3.25. The fraction of sp³-hybridized carbons (Fsp3) is 0.667. The van der Waals surface area contributed by atoms with E-state index in [1.165, 1.54) is 6.08 Å². The van der Waals surface area contributed by atoms with Crippen LogP contribution < -0.4 is 10.6 Å². The van der Waals surface area contributed by atoms with Gasteiger partial charge in [-0.3, -0.25) is 4.79 Å². The molecule has 0 saturated heterocycles. The van der Waals surface area contributed by atoms with E-state index in [1.54, 1.807) is 6.08 Å². The van der Waals surface area contributed by atoms with Crippen LogP contribution in [0.5, 0.6) is 0 Å². The summed E-state index contributed by atoms with van der Waals surface area (Å²) in [6, 6.07) is 0.476. The van der Waals surface area contributed by atoms with E-state index in [1.807, 2.05) is 6.92 Å². The van der Waals surface area contributed by atoms with Crippen LogP contribution >= 0.6 is 0 Å². The van der Waals surface area contributed by atoms with Crippen LogP contribution in [-0.2, 0) is 4.79 Å². The molecule has 0 spiro atoms. The first-order valence-electron chi connectivity index (χ1n) is 4.30. The minimum absolute atomic E-state index is 0.0249. The van der Waals surface area contributed by atoms with Crippen molar-refractivity contribution in [2.24, 2.45) is 0 Å². The fourth-order valence-corrected chi connectivity index (χ4v) is 0.757. The Bertz CT molecular complexity index is 153. The number of allylic oxidation sites excluding steroid dienone is 1. The van der Waals surface area contributed by atoms with Crippen molar-refractivity contribution in [3.63, 3.8) is 0 Å². The lowest BCUT2D eigenvalue weighted by Crippen LogP contribution is -2.33. The molecule has 1 amide bonds. The molecule has 3 nitrogen and oxygen atoms in total. The Morgan fingerprint density at radius 1 is 1.42 bits per heavy atom. The Morgan fingerprint density at radius 2 is 2.08 bits per heavy atom. The molecule has 70 valence electrons. The first-order valence-corrected chi connectivity index (χ1v) is 4.30. The molecule has 12 heavy (non-hydrogen) atoms. The summed E-state index contributed by atoms with van der Waals surface area (Å²) in [6.07, 6.45) is 3.25. The van der Waals surface area contributed by atoms with Gasteiger partial charge >= 0.3 is 0 Å². The molecule has 0 fully saturated rings. The average Bonchev–Trinajstić information content (AvgIpc) is 1.98. The molecule has 0 heterocycles.